The lowest BCUT2D eigenvalue weighted by Gasteiger charge is -2.31. The molecule has 0 fully saturated rings. The average molecular weight is 542 g/mol. The Morgan fingerprint density at radius 3 is 2.59 bits per heavy atom. The zero-order chi connectivity index (χ0) is 26.9. The Kier molecular flexibility index (Phi) is 6.87. The first kappa shape index (κ1) is 25.2. The van der Waals surface area contributed by atoms with Crippen molar-refractivity contribution in [1.29, 1.82) is 0 Å². The number of aromatic nitrogens is 1. The van der Waals surface area contributed by atoms with Gasteiger partial charge in [-0.25, -0.2) is 9.59 Å². The number of hydrogen-bond donors (Lipinski definition) is 1. The van der Waals surface area contributed by atoms with Crippen molar-refractivity contribution >= 4 is 29.0 Å². The first-order valence-electron chi connectivity index (χ1n) is 13.4. The van der Waals surface area contributed by atoms with Gasteiger partial charge in [0.1, 0.15) is 10.8 Å². The van der Waals surface area contributed by atoms with E-state index in [-0.39, 0.29) is 18.7 Å². The van der Waals surface area contributed by atoms with E-state index in [0.717, 1.165) is 36.3 Å². The summed E-state index contributed by atoms with van der Waals surface area (Å²) in [5, 5.41) is 4.25. The van der Waals surface area contributed by atoms with Gasteiger partial charge in [0.25, 0.3) is 0 Å². The van der Waals surface area contributed by atoms with Crippen LogP contribution in [-0.4, -0.2) is 35.2 Å². The number of carbonyl (C=O) groups excluding carboxylic acids is 2. The number of amides is 2. The van der Waals surface area contributed by atoms with Crippen molar-refractivity contribution in [3.05, 3.63) is 99.7 Å². The second-order valence-electron chi connectivity index (χ2n) is 9.80. The van der Waals surface area contributed by atoms with Crippen LogP contribution in [0.5, 0.6) is 5.75 Å². The summed E-state index contributed by atoms with van der Waals surface area (Å²) in [4.78, 5) is 30.2. The quantitative estimate of drug-likeness (QED) is 0.284. The summed E-state index contributed by atoms with van der Waals surface area (Å²) < 4.78 is 12.9. The number of nitrogens with zero attached hydrogens (tertiary/aromatic N) is 2. The van der Waals surface area contributed by atoms with Gasteiger partial charge < -0.3 is 24.3 Å². The molecular weight excluding hydrogens is 510 g/mol. The highest BCUT2D eigenvalue weighted by molar-refractivity contribution is 7.15. The van der Waals surface area contributed by atoms with Gasteiger partial charge in [-0.05, 0) is 80.1 Å². The molecule has 0 radical (unpaired) electrons. The van der Waals surface area contributed by atoms with Crippen LogP contribution in [0.3, 0.4) is 0 Å². The Bertz CT molecular complexity index is 1520. The summed E-state index contributed by atoms with van der Waals surface area (Å²) in [6.07, 6.45) is 6.59. The standard InChI is InChI=1S/C31H31N3O4S/c1-3-38-30(35)23-10-4-6-11-25(23)32-31(36)34-19-24-22-9-5-7-13-27(22)39-29(24)33-18-8-12-26(33)28(34)20-14-16-21(37-2)17-15-20/h4,6,8,10-12,14-18,28H,3,5,7,9,13,19H2,1-2H3,(H,32,36)/t28-/m1/s1. The lowest BCUT2D eigenvalue weighted by molar-refractivity contribution is 0.0527. The maximum atomic E-state index is 14.2. The number of thiophene rings is 1. The molecule has 0 saturated carbocycles. The number of benzene rings is 2. The van der Waals surface area contributed by atoms with Crippen LogP contribution in [0.15, 0.2) is 66.9 Å². The molecule has 1 N–H and O–H groups in total. The molecule has 2 amide bonds. The summed E-state index contributed by atoms with van der Waals surface area (Å²) in [7, 11) is 1.65. The zero-order valence-electron chi connectivity index (χ0n) is 22.1. The van der Waals surface area contributed by atoms with Gasteiger partial charge >= 0.3 is 12.0 Å². The van der Waals surface area contributed by atoms with E-state index in [0.29, 0.717) is 17.8 Å². The fourth-order valence-corrected chi connectivity index (χ4v) is 7.09. The molecule has 0 bridgehead atoms. The molecule has 2 aliphatic rings. The minimum Gasteiger partial charge on any atom is -0.497 e. The summed E-state index contributed by atoms with van der Waals surface area (Å²) in [6, 6.07) is 18.4. The van der Waals surface area contributed by atoms with E-state index >= 15 is 0 Å². The molecule has 8 heteroatoms. The third-order valence-corrected chi connectivity index (χ3v) is 8.87. The number of carbonyl (C=O) groups is 2. The number of rotatable bonds is 5. The summed E-state index contributed by atoms with van der Waals surface area (Å²) in [5.41, 5.74) is 5.38. The number of para-hydroxylation sites is 1. The van der Waals surface area contributed by atoms with Crippen LogP contribution in [0.1, 0.15) is 63.4 Å². The molecule has 0 saturated heterocycles. The van der Waals surface area contributed by atoms with E-state index in [1.54, 1.807) is 38.3 Å². The molecule has 6 rings (SSSR count). The Balaban J connectivity index is 1.46. The average Bonchev–Trinajstić information content (AvgIpc) is 3.55. The minimum atomic E-state index is -0.459. The second-order valence-corrected chi connectivity index (χ2v) is 10.9. The van der Waals surface area contributed by atoms with Crippen molar-refractivity contribution in [2.75, 3.05) is 19.0 Å². The van der Waals surface area contributed by atoms with Crippen LogP contribution >= 0.6 is 11.3 Å². The van der Waals surface area contributed by atoms with Crippen molar-refractivity contribution < 1.29 is 19.1 Å². The van der Waals surface area contributed by atoms with Crippen LogP contribution in [0.4, 0.5) is 10.5 Å². The molecule has 1 aliphatic heterocycles. The Labute approximate surface area is 232 Å². The lowest BCUT2D eigenvalue weighted by Crippen LogP contribution is -2.38. The highest BCUT2D eigenvalue weighted by atomic mass is 32.1. The number of anilines is 1. The van der Waals surface area contributed by atoms with Crippen LogP contribution in [-0.2, 0) is 24.1 Å². The van der Waals surface area contributed by atoms with Crippen molar-refractivity contribution in [3.8, 4) is 10.8 Å². The highest BCUT2D eigenvalue weighted by Gasteiger charge is 2.36. The van der Waals surface area contributed by atoms with Crippen molar-refractivity contribution in [2.45, 2.75) is 45.2 Å². The van der Waals surface area contributed by atoms with E-state index in [4.69, 9.17) is 9.47 Å². The van der Waals surface area contributed by atoms with E-state index in [2.05, 4.69) is 22.1 Å². The minimum absolute atomic E-state index is 0.260. The normalized spacial score (nSPS) is 15.9. The van der Waals surface area contributed by atoms with Gasteiger partial charge in [-0.3, -0.25) is 0 Å². The van der Waals surface area contributed by atoms with Gasteiger partial charge in [0.05, 0.1) is 43.2 Å². The fourth-order valence-electron chi connectivity index (χ4n) is 5.69. The third kappa shape index (κ3) is 4.59. The molecule has 1 aliphatic carbocycles. The SMILES string of the molecule is CCOC(=O)c1ccccc1NC(=O)N1Cc2c(sc3c2CCCC3)-n2cccc2[C@H]1c1ccc(OC)cc1. The monoisotopic (exact) mass is 541 g/mol. The number of aryl methyl sites for hydroxylation is 1. The predicted octanol–water partition coefficient (Wildman–Crippen LogP) is 6.74. The Morgan fingerprint density at radius 1 is 1.00 bits per heavy atom. The molecule has 2 aromatic heterocycles. The number of nitrogens with one attached hydrogen (secondary N) is 1. The number of esters is 1. The van der Waals surface area contributed by atoms with E-state index in [1.807, 2.05) is 46.6 Å². The van der Waals surface area contributed by atoms with Gasteiger partial charge in [-0.2, -0.15) is 0 Å². The fraction of sp³-hybridized carbons (Fsp3) is 0.290. The van der Waals surface area contributed by atoms with Gasteiger partial charge in [-0.1, -0.05) is 24.3 Å². The summed E-state index contributed by atoms with van der Waals surface area (Å²) in [5.74, 6) is 0.300. The highest BCUT2D eigenvalue weighted by Crippen LogP contribution is 2.44. The first-order chi connectivity index (χ1) is 19.1. The van der Waals surface area contributed by atoms with Gasteiger partial charge in [0, 0.05) is 16.6 Å². The second kappa shape index (κ2) is 10.6. The molecule has 39 heavy (non-hydrogen) atoms. The van der Waals surface area contributed by atoms with Crippen molar-refractivity contribution in [2.24, 2.45) is 0 Å². The number of fused-ring (bicyclic) bond motifs is 5. The Hall–Kier alpha value is -4.04. The maximum absolute atomic E-state index is 14.2. The number of methoxy groups -OCH3 is 1. The van der Waals surface area contributed by atoms with Crippen LogP contribution in [0.25, 0.3) is 5.00 Å². The maximum Gasteiger partial charge on any atom is 0.340 e. The molecule has 200 valence electrons. The molecule has 0 unspecified atom stereocenters. The molecule has 0 spiro atoms. The number of hydrogen-bond acceptors (Lipinski definition) is 5. The largest absolute Gasteiger partial charge is 0.497 e. The molecule has 1 atom stereocenters. The smallest absolute Gasteiger partial charge is 0.340 e. The van der Waals surface area contributed by atoms with Crippen LogP contribution < -0.4 is 10.1 Å². The summed E-state index contributed by atoms with van der Waals surface area (Å²) in [6.45, 7) is 2.49. The van der Waals surface area contributed by atoms with Gasteiger partial charge in [0.15, 0.2) is 0 Å². The zero-order valence-corrected chi connectivity index (χ0v) is 22.9. The van der Waals surface area contributed by atoms with Gasteiger partial charge in [-0.15, -0.1) is 11.3 Å². The Morgan fingerprint density at radius 2 is 1.79 bits per heavy atom. The molecule has 3 heterocycles. The molecule has 4 aromatic rings. The number of urea groups is 1. The topological polar surface area (TPSA) is 72.8 Å². The number of ether oxygens (including phenoxy) is 2. The van der Waals surface area contributed by atoms with E-state index in [1.165, 1.54) is 27.4 Å². The summed E-state index contributed by atoms with van der Waals surface area (Å²) >= 11 is 1.85. The molecular formula is C31H31N3O4S. The third-order valence-electron chi connectivity index (χ3n) is 7.54. The lowest BCUT2D eigenvalue weighted by atomic mass is 9.95. The first-order valence-corrected chi connectivity index (χ1v) is 14.2. The van der Waals surface area contributed by atoms with Gasteiger partial charge in [0.2, 0.25) is 0 Å². The van der Waals surface area contributed by atoms with Crippen LogP contribution in [0, 0.1) is 0 Å². The predicted molar refractivity (Wildman–Crippen MR) is 152 cm³/mol. The van der Waals surface area contributed by atoms with Crippen molar-refractivity contribution in [1.82, 2.24) is 9.47 Å². The van der Waals surface area contributed by atoms with E-state index < -0.39 is 5.97 Å². The van der Waals surface area contributed by atoms with Crippen LogP contribution in [0.2, 0.25) is 0 Å². The van der Waals surface area contributed by atoms with Crippen molar-refractivity contribution in [3.63, 3.8) is 0 Å². The molecule has 7 nitrogen and oxygen atoms in total. The molecule has 2 aromatic carbocycles. The van der Waals surface area contributed by atoms with E-state index in [9.17, 15) is 9.59 Å².